The van der Waals surface area contributed by atoms with Gasteiger partial charge in [0, 0.05) is 5.69 Å². The maximum Gasteiger partial charge on any atom is 0.292 e. The Morgan fingerprint density at radius 1 is 0.917 bits per heavy atom. The number of hydrogen-bond donors (Lipinski definition) is 1. The van der Waals surface area contributed by atoms with Gasteiger partial charge in [-0.1, -0.05) is 54.6 Å². The molecule has 0 aromatic heterocycles. The Morgan fingerprint density at radius 2 is 1.54 bits per heavy atom. The van der Waals surface area contributed by atoms with Crippen molar-refractivity contribution in [3.05, 3.63) is 71.3 Å². The predicted molar refractivity (Wildman–Crippen MR) is 94.7 cm³/mol. The normalized spacial score (nSPS) is 10.6. The Hall–Kier alpha value is -3.01. The second-order valence-electron chi connectivity index (χ2n) is 5.53. The molecule has 0 aliphatic heterocycles. The number of ketones is 2. The van der Waals surface area contributed by atoms with E-state index in [1.807, 2.05) is 62.4 Å². The fraction of sp³-hybridized carbons (Fsp3) is 0.150. The summed E-state index contributed by atoms with van der Waals surface area (Å²) >= 11 is 0. The third kappa shape index (κ3) is 4.74. The fourth-order valence-electron chi connectivity index (χ4n) is 2.25. The Labute approximate surface area is 141 Å². The number of anilines is 1. The van der Waals surface area contributed by atoms with Crippen LogP contribution < -0.4 is 5.32 Å². The van der Waals surface area contributed by atoms with Gasteiger partial charge in [0.15, 0.2) is 5.78 Å². The highest BCUT2D eigenvalue weighted by Crippen LogP contribution is 2.19. The first-order chi connectivity index (χ1) is 11.5. The maximum absolute atomic E-state index is 12.0. The van der Waals surface area contributed by atoms with Crippen LogP contribution in [0.25, 0.3) is 6.08 Å². The molecule has 0 radical (unpaired) electrons. The molecule has 2 aromatic rings. The first-order valence-corrected chi connectivity index (χ1v) is 7.63. The zero-order valence-corrected chi connectivity index (χ0v) is 13.7. The third-order valence-corrected chi connectivity index (χ3v) is 3.57. The van der Waals surface area contributed by atoms with Gasteiger partial charge in [-0.2, -0.15) is 0 Å². The molecule has 1 N–H and O–H groups in total. The van der Waals surface area contributed by atoms with Crippen LogP contribution in [0.2, 0.25) is 0 Å². The van der Waals surface area contributed by atoms with Crippen molar-refractivity contribution in [3.8, 4) is 0 Å². The number of rotatable bonds is 6. The predicted octanol–water partition coefficient (Wildman–Crippen LogP) is 3.48. The van der Waals surface area contributed by atoms with Crippen LogP contribution in [-0.2, 0) is 14.4 Å². The number of hydrogen-bond acceptors (Lipinski definition) is 3. The second kappa shape index (κ2) is 8.02. The standard InChI is InChI=1S/C20H19NO3/c1-14-7-6-8-15(2)19(14)21-20(24)18(23)13-17(22)12-11-16-9-4-3-5-10-16/h3-12H,13H2,1-2H3,(H,21,24)/b12-11+. The maximum atomic E-state index is 12.0. The SMILES string of the molecule is Cc1cccc(C)c1NC(=O)C(=O)CC(=O)/C=C/c1ccccc1. The fourth-order valence-corrected chi connectivity index (χ4v) is 2.25. The molecule has 2 aromatic carbocycles. The molecule has 0 bridgehead atoms. The van der Waals surface area contributed by atoms with Crippen LogP contribution in [0.3, 0.4) is 0 Å². The Bertz CT molecular complexity index is 772. The zero-order chi connectivity index (χ0) is 17.5. The van der Waals surface area contributed by atoms with E-state index in [1.54, 1.807) is 6.08 Å². The summed E-state index contributed by atoms with van der Waals surface area (Å²) in [4.78, 5) is 35.7. The molecule has 0 fully saturated rings. The van der Waals surface area contributed by atoms with Crippen LogP contribution in [0.5, 0.6) is 0 Å². The molecule has 0 unspecified atom stereocenters. The van der Waals surface area contributed by atoms with E-state index in [0.29, 0.717) is 5.69 Å². The highest BCUT2D eigenvalue weighted by molar-refractivity contribution is 6.43. The van der Waals surface area contributed by atoms with Crippen molar-refractivity contribution in [1.82, 2.24) is 0 Å². The molecule has 4 nitrogen and oxygen atoms in total. The molecular weight excluding hydrogens is 302 g/mol. The molecule has 0 atom stereocenters. The summed E-state index contributed by atoms with van der Waals surface area (Å²) in [6.45, 7) is 3.70. The highest BCUT2D eigenvalue weighted by atomic mass is 16.2. The monoisotopic (exact) mass is 321 g/mol. The topological polar surface area (TPSA) is 63.2 Å². The number of allylic oxidation sites excluding steroid dienone is 1. The van der Waals surface area contributed by atoms with Gasteiger partial charge in [-0.15, -0.1) is 0 Å². The van der Waals surface area contributed by atoms with E-state index in [-0.39, 0.29) is 0 Å². The second-order valence-corrected chi connectivity index (χ2v) is 5.53. The van der Waals surface area contributed by atoms with Crippen molar-refractivity contribution in [2.75, 3.05) is 5.32 Å². The third-order valence-electron chi connectivity index (χ3n) is 3.57. The van der Waals surface area contributed by atoms with E-state index in [9.17, 15) is 14.4 Å². The summed E-state index contributed by atoms with van der Waals surface area (Å²) in [5.41, 5.74) is 3.21. The van der Waals surface area contributed by atoms with Crippen molar-refractivity contribution in [3.63, 3.8) is 0 Å². The summed E-state index contributed by atoms with van der Waals surface area (Å²) < 4.78 is 0. The Kier molecular flexibility index (Phi) is 5.79. The van der Waals surface area contributed by atoms with Crippen molar-refractivity contribution in [1.29, 1.82) is 0 Å². The lowest BCUT2D eigenvalue weighted by molar-refractivity contribution is -0.136. The van der Waals surface area contributed by atoms with Crippen LogP contribution in [-0.4, -0.2) is 17.5 Å². The van der Waals surface area contributed by atoms with Gasteiger partial charge in [0.05, 0.1) is 6.42 Å². The van der Waals surface area contributed by atoms with Crippen LogP contribution in [0, 0.1) is 13.8 Å². The van der Waals surface area contributed by atoms with Gasteiger partial charge in [-0.25, -0.2) is 0 Å². The Balaban J connectivity index is 1.95. The lowest BCUT2D eigenvalue weighted by Gasteiger charge is -2.10. The first-order valence-electron chi connectivity index (χ1n) is 7.63. The highest BCUT2D eigenvalue weighted by Gasteiger charge is 2.18. The van der Waals surface area contributed by atoms with E-state index in [4.69, 9.17) is 0 Å². The largest absolute Gasteiger partial charge is 0.319 e. The van der Waals surface area contributed by atoms with Crippen molar-refractivity contribution in [2.24, 2.45) is 0 Å². The number of Topliss-reactive ketones (excluding diaryl/α,β-unsaturated/α-hetero) is 1. The van der Waals surface area contributed by atoms with Gasteiger partial charge < -0.3 is 5.32 Å². The summed E-state index contributed by atoms with van der Waals surface area (Å²) in [6, 6.07) is 14.8. The Morgan fingerprint density at radius 3 is 2.17 bits per heavy atom. The average molecular weight is 321 g/mol. The molecule has 0 saturated heterocycles. The molecule has 2 rings (SSSR count). The number of para-hydroxylation sites is 1. The molecule has 0 saturated carbocycles. The van der Waals surface area contributed by atoms with Crippen LogP contribution in [0.1, 0.15) is 23.1 Å². The molecule has 0 heterocycles. The summed E-state index contributed by atoms with van der Waals surface area (Å²) in [5.74, 6) is -1.92. The van der Waals surface area contributed by atoms with Crippen LogP contribution in [0.4, 0.5) is 5.69 Å². The molecule has 4 heteroatoms. The molecule has 0 spiro atoms. The molecular formula is C20H19NO3. The van der Waals surface area contributed by atoms with Gasteiger partial charge in [0.1, 0.15) is 0 Å². The van der Waals surface area contributed by atoms with Gasteiger partial charge in [0.2, 0.25) is 5.78 Å². The number of carbonyl (C=O) groups is 3. The average Bonchev–Trinajstić information content (AvgIpc) is 2.57. The molecule has 122 valence electrons. The van der Waals surface area contributed by atoms with E-state index < -0.39 is 23.9 Å². The molecule has 0 aliphatic carbocycles. The van der Waals surface area contributed by atoms with Gasteiger partial charge in [-0.05, 0) is 36.6 Å². The van der Waals surface area contributed by atoms with Gasteiger partial charge in [0.25, 0.3) is 5.91 Å². The lowest BCUT2D eigenvalue weighted by Crippen LogP contribution is -2.25. The quantitative estimate of drug-likeness (QED) is 0.503. The number of aryl methyl sites for hydroxylation is 2. The minimum absolute atomic E-state index is 0.402. The van der Waals surface area contributed by atoms with Gasteiger partial charge >= 0.3 is 0 Å². The minimum Gasteiger partial charge on any atom is -0.319 e. The molecule has 0 aliphatic rings. The molecule has 1 amide bonds. The number of carbonyl (C=O) groups excluding carboxylic acids is 3. The number of nitrogens with one attached hydrogen (secondary N) is 1. The van der Waals surface area contributed by atoms with E-state index in [1.165, 1.54) is 6.08 Å². The lowest BCUT2D eigenvalue weighted by atomic mass is 10.1. The van der Waals surface area contributed by atoms with E-state index >= 15 is 0 Å². The summed E-state index contributed by atoms with van der Waals surface area (Å²) in [7, 11) is 0. The van der Waals surface area contributed by atoms with E-state index in [0.717, 1.165) is 16.7 Å². The van der Waals surface area contributed by atoms with Crippen molar-refractivity contribution in [2.45, 2.75) is 20.3 Å². The van der Waals surface area contributed by atoms with Crippen molar-refractivity contribution >= 4 is 29.2 Å². The minimum atomic E-state index is -0.770. The molecule has 24 heavy (non-hydrogen) atoms. The van der Waals surface area contributed by atoms with Crippen LogP contribution >= 0.6 is 0 Å². The van der Waals surface area contributed by atoms with Crippen molar-refractivity contribution < 1.29 is 14.4 Å². The summed E-state index contributed by atoms with van der Waals surface area (Å²) in [5, 5.41) is 2.59. The first kappa shape index (κ1) is 17.3. The van der Waals surface area contributed by atoms with E-state index in [2.05, 4.69) is 5.32 Å². The zero-order valence-electron chi connectivity index (χ0n) is 13.7. The van der Waals surface area contributed by atoms with Gasteiger partial charge in [-0.3, -0.25) is 14.4 Å². The number of benzene rings is 2. The smallest absolute Gasteiger partial charge is 0.292 e. The van der Waals surface area contributed by atoms with Crippen LogP contribution in [0.15, 0.2) is 54.6 Å². The summed E-state index contributed by atoms with van der Waals surface area (Å²) in [6.07, 6.45) is 2.50. The number of amides is 1.